The minimum atomic E-state index is -0.234. The van der Waals surface area contributed by atoms with Gasteiger partial charge in [0.15, 0.2) is 0 Å². The lowest BCUT2D eigenvalue weighted by atomic mass is 10.00. The van der Waals surface area contributed by atoms with Gasteiger partial charge in [0.25, 0.3) is 5.56 Å². The number of amides is 1. The number of carbonyl (C=O) groups is 1. The molecule has 150 valence electrons. The second-order valence-electron chi connectivity index (χ2n) is 7.45. The number of benzene rings is 2. The van der Waals surface area contributed by atoms with Crippen molar-refractivity contribution in [2.75, 3.05) is 13.7 Å². The number of aromatic amines is 1. The fourth-order valence-electron chi connectivity index (χ4n) is 4.13. The molecule has 1 fully saturated rings. The third-order valence-corrected chi connectivity index (χ3v) is 5.67. The molecule has 1 aliphatic rings. The van der Waals surface area contributed by atoms with Crippen LogP contribution in [0.15, 0.2) is 53.3 Å². The molecular weight excluding hydrogens is 366 g/mol. The van der Waals surface area contributed by atoms with Crippen LogP contribution in [0.5, 0.6) is 5.75 Å². The van der Waals surface area contributed by atoms with Crippen molar-refractivity contribution >= 4 is 16.7 Å². The number of rotatable bonds is 4. The molecule has 0 saturated carbocycles. The van der Waals surface area contributed by atoms with E-state index in [-0.39, 0.29) is 23.9 Å². The number of hydrogen-bond donors (Lipinski definition) is 1. The largest absolute Gasteiger partial charge is 0.497 e. The summed E-state index contributed by atoms with van der Waals surface area (Å²) < 4.78 is 5.27. The van der Waals surface area contributed by atoms with Gasteiger partial charge in [-0.2, -0.15) is 5.10 Å². The van der Waals surface area contributed by atoms with Gasteiger partial charge in [-0.25, -0.2) is 5.10 Å². The van der Waals surface area contributed by atoms with Crippen molar-refractivity contribution in [1.82, 2.24) is 15.1 Å². The van der Waals surface area contributed by atoms with Crippen LogP contribution in [0.2, 0.25) is 0 Å². The van der Waals surface area contributed by atoms with Gasteiger partial charge in [0.2, 0.25) is 5.91 Å². The standard InChI is InChI=1S/C23H25N3O3/c1-29-17-12-10-16(11-13-17)21-9-3-2-6-14-26(21)22(27)15-20-18-7-4-5-8-19(18)23(28)25-24-20/h4-5,7-8,10-13,21H,2-3,6,9,14-15H2,1H3,(H,25,28)/t21-/m1/s1. The van der Waals surface area contributed by atoms with Gasteiger partial charge in [-0.3, -0.25) is 9.59 Å². The third-order valence-electron chi connectivity index (χ3n) is 5.67. The first-order chi connectivity index (χ1) is 14.2. The molecule has 1 aromatic heterocycles. The number of ether oxygens (including phenoxy) is 1. The molecule has 2 aromatic carbocycles. The molecule has 0 aliphatic carbocycles. The molecule has 6 nitrogen and oxygen atoms in total. The maximum Gasteiger partial charge on any atom is 0.272 e. The molecule has 1 aliphatic heterocycles. The van der Waals surface area contributed by atoms with E-state index in [2.05, 4.69) is 10.2 Å². The van der Waals surface area contributed by atoms with E-state index in [1.54, 1.807) is 13.2 Å². The van der Waals surface area contributed by atoms with Crippen molar-refractivity contribution in [1.29, 1.82) is 0 Å². The molecule has 1 saturated heterocycles. The van der Waals surface area contributed by atoms with Gasteiger partial charge in [-0.15, -0.1) is 0 Å². The highest BCUT2D eigenvalue weighted by atomic mass is 16.5. The Morgan fingerprint density at radius 3 is 2.62 bits per heavy atom. The molecule has 0 spiro atoms. The minimum Gasteiger partial charge on any atom is -0.497 e. The quantitative estimate of drug-likeness (QED) is 0.737. The molecule has 2 heterocycles. The Morgan fingerprint density at radius 2 is 1.86 bits per heavy atom. The summed E-state index contributed by atoms with van der Waals surface area (Å²) in [6.45, 7) is 0.733. The third kappa shape index (κ3) is 4.01. The smallest absolute Gasteiger partial charge is 0.272 e. The first-order valence-corrected chi connectivity index (χ1v) is 10.1. The van der Waals surface area contributed by atoms with E-state index in [9.17, 15) is 9.59 Å². The fourth-order valence-corrected chi connectivity index (χ4v) is 4.13. The zero-order valence-electron chi connectivity index (χ0n) is 16.6. The number of fused-ring (bicyclic) bond motifs is 1. The highest BCUT2D eigenvalue weighted by molar-refractivity contribution is 5.88. The molecule has 0 unspecified atom stereocenters. The Kier molecular flexibility index (Phi) is 5.60. The maximum absolute atomic E-state index is 13.3. The van der Waals surface area contributed by atoms with Gasteiger partial charge >= 0.3 is 0 Å². The fraction of sp³-hybridized carbons (Fsp3) is 0.348. The van der Waals surface area contributed by atoms with E-state index in [4.69, 9.17) is 4.74 Å². The molecule has 0 bridgehead atoms. The number of likely N-dealkylation sites (tertiary alicyclic amines) is 1. The first kappa shape index (κ1) is 19.2. The SMILES string of the molecule is COc1ccc([C@H]2CCCCCN2C(=O)Cc2n[nH]c(=O)c3ccccc23)cc1. The van der Waals surface area contributed by atoms with Crippen LogP contribution in [0.1, 0.15) is 43.0 Å². The number of aromatic nitrogens is 2. The Bertz CT molecular complexity index is 1060. The molecule has 0 radical (unpaired) electrons. The van der Waals surface area contributed by atoms with Crippen LogP contribution in [0.4, 0.5) is 0 Å². The van der Waals surface area contributed by atoms with E-state index < -0.39 is 0 Å². The lowest BCUT2D eigenvalue weighted by Crippen LogP contribution is -2.36. The van der Waals surface area contributed by atoms with E-state index in [1.165, 1.54) is 0 Å². The predicted molar refractivity (Wildman–Crippen MR) is 112 cm³/mol. The van der Waals surface area contributed by atoms with E-state index in [1.807, 2.05) is 47.4 Å². The highest BCUT2D eigenvalue weighted by Gasteiger charge is 2.27. The van der Waals surface area contributed by atoms with Crippen LogP contribution in [-0.2, 0) is 11.2 Å². The second-order valence-corrected chi connectivity index (χ2v) is 7.45. The van der Waals surface area contributed by atoms with Crippen molar-refractivity contribution in [3.05, 3.63) is 70.1 Å². The van der Waals surface area contributed by atoms with Gasteiger partial charge in [0.1, 0.15) is 5.75 Å². The highest BCUT2D eigenvalue weighted by Crippen LogP contribution is 2.31. The lowest BCUT2D eigenvalue weighted by Gasteiger charge is -2.30. The summed E-state index contributed by atoms with van der Waals surface area (Å²) in [7, 11) is 1.65. The molecular formula is C23H25N3O3. The summed E-state index contributed by atoms with van der Waals surface area (Å²) in [6.07, 6.45) is 4.33. The molecule has 1 N–H and O–H groups in total. The summed E-state index contributed by atoms with van der Waals surface area (Å²) in [5.41, 5.74) is 1.51. The average molecular weight is 391 g/mol. The van der Waals surface area contributed by atoms with Gasteiger partial charge < -0.3 is 9.64 Å². The lowest BCUT2D eigenvalue weighted by molar-refractivity contribution is -0.133. The second kappa shape index (κ2) is 8.47. The van der Waals surface area contributed by atoms with Crippen molar-refractivity contribution in [2.24, 2.45) is 0 Å². The summed E-state index contributed by atoms with van der Waals surface area (Å²) in [5, 5.41) is 8.01. The number of methoxy groups -OCH3 is 1. The molecule has 3 aromatic rings. The number of nitrogens with one attached hydrogen (secondary N) is 1. The summed E-state index contributed by atoms with van der Waals surface area (Å²) in [5.74, 6) is 0.849. The first-order valence-electron chi connectivity index (χ1n) is 10.1. The summed E-state index contributed by atoms with van der Waals surface area (Å²) >= 11 is 0. The Labute approximate surface area is 169 Å². The Morgan fingerprint density at radius 1 is 1.10 bits per heavy atom. The molecule has 4 rings (SSSR count). The minimum absolute atomic E-state index is 0.0393. The van der Waals surface area contributed by atoms with Crippen LogP contribution in [0.25, 0.3) is 10.8 Å². The van der Waals surface area contributed by atoms with Gasteiger partial charge in [0.05, 0.1) is 30.7 Å². The Hall–Kier alpha value is -3.15. The summed E-state index contributed by atoms with van der Waals surface area (Å²) in [6, 6.07) is 15.3. The van der Waals surface area contributed by atoms with Gasteiger partial charge in [0, 0.05) is 11.9 Å². The van der Waals surface area contributed by atoms with Crippen molar-refractivity contribution in [3.8, 4) is 5.75 Å². The monoisotopic (exact) mass is 391 g/mol. The number of H-pyrrole nitrogens is 1. The van der Waals surface area contributed by atoms with Crippen LogP contribution in [-0.4, -0.2) is 34.7 Å². The van der Waals surface area contributed by atoms with Gasteiger partial charge in [-0.1, -0.05) is 43.2 Å². The molecule has 29 heavy (non-hydrogen) atoms. The number of hydrogen-bond acceptors (Lipinski definition) is 4. The average Bonchev–Trinajstić information content (AvgIpc) is 3.02. The van der Waals surface area contributed by atoms with E-state index in [0.717, 1.165) is 48.9 Å². The normalized spacial score (nSPS) is 17.1. The maximum atomic E-state index is 13.3. The Balaban J connectivity index is 1.63. The van der Waals surface area contributed by atoms with Crippen LogP contribution >= 0.6 is 0 Å². The molecule has 1 amide bonds. The number of carbonyl (C=O) groups excluding carboxylic acids is 1. The molecule has 1 atom stereocenters. The molecule has 6 heteroatoms. The van der Waals surface area contributed by atoms with E-state index in [0.29, 0.717) is 11.1 Å². The van der Waals surface area contributed by atoms with Gasteiger partial charge in [-0.05, 0) is 36.6 Å². The van der Waals surface area contributed by atoms with Crippen LogP contribution < -0.4 is 10.3 Å². The number of nitrogens with zero attached hydrogens (tertiary/aromatic N) is 2. The van der Waals surface area contributed by atoms with Crippen LogP contribution in [0, 0.1) is 0 Å². The predicted octanol–water partition coefficient (Wildman–Crippen LogP) is 3.62. The van der Waals surface area contributed by atoms with Crippen molar-refractivity contribution in [3.63, 3.8) is 0 Å². The zero-order valence-corrected chi connectivity index (χ0v) is 16.6. The van der Waals surface area contributed by atoms with Crippen LogP contribution in [0.3, 0.4) is 0 Å². The van der Waals surface area contributed by atoms with E-state index >= 15 is 0 Å². The van der Waals surface area contributed by atoms with Crippen molar-refractivity contribution in [2.45, 2.75) is 38.1 Å². The zero-order chi connectivity index (χ0) is 20.2. The van der Waals surface area contributed by atoms with Crippen molar-refractivity contribution < 1.29 is 9.53 Å². The topological polar surface area (TPSA) is 75.3 Å². The summed E-state index contributed by atoms with van der Waals surface area (Å²) in [4.78, 5) is 27.3.